The lowest BCUT2D eigenvalue weighted by atomic mass is 10.1. The zero-order chi connectivity index (χ0) is 18.1. The number of para-hydroxylation sites is 1. The molecule has 2 aromatic carbocycles. The normalized spacial score (nSPS) is 11.1. The second-order valence-electron chi connectivity index (χ2n) is 5.87. The fourth-order valence-electron chi connectivity index (χ4n) is 2.96. The molecule has 130 valence electrons. The Morgan fingerprint density at radius 2 is 1.96 bits per heavy atom. The van der Waals surface area contributed by atoms with Gasteiger partial charge in [0.2, 0.25) is 0 Å². The van der Waals surface area contributed by atoms with Gasteiger partial charge in [0.25, 0.3) is 5.69 Å². The molecule has 0 atom stereocenters. The fraction of sp³-hybridized carbons (Fsp3) is 0.105. The van der Waals surface area contributed by atoms with Crippen LogP contribution in [-0.4, -0.2) is 19.8 Å². The smallest absolute Gasteiger partial charge is 0.269 e. The molecule has 0 aliphatic rings. The van der Waals surface area contributed by atoms with Crippen molar-refractivity contribution in [1.82, 2.24) is 9.78 Å². The van der Waals surface area contributed by atoms with Crippen molar-refractivity contribution in [2.45, 2.75) is 13.2 Å². The number of fused-ring (bicyclic) bond motifs is 1. The van der Waals surface area contributed by atoms with E-state index in [-0.39, 0.29) is 12.3 Å². The summed E-state index contributed by atoms with van der Waals surface area (Å²) in [7, 11) is 0. The number of aromatic nitrogens is 2. The van der Waals surface area contributed by atoms with Crippen molar-refractivity contribution in [3.8, 4) is 11.5 Å². The highest BCUT2D eigenvalue weighted by Gasteiger charge is 2.16. The quantitative estimate of drug-likeness (QED) is 0.437. The molecule has 7 heteroatoms. The van der Waals surface area contributed by atoms with Gasteiger partial charge in [-0.05, 0) is 23.8 Å². The molecule has 0 spiro atoms. The number of aliphatic hydroxyl groups excluding tert-OH is 1. The molecule has 0 unspecified atom stereocenters. The molecule has 26 heavy (non-hydrogen) atoms. The van der Waals surface area contributed by atoms with Crippen LogP contribution in [0.5, 0.6) is 0 Å². The van der Waals surface area contributed by atoms with Gasteiger partial charge in [0, 0.05) is 17.5 Å². The highest BCUT2D eigenvalue weighted by atomic mass is 16.6. The molecule has 0 saturated carbocycles. The standard InChI is InChI=1S/C19H15N3O4/c23-12-15-8-9-18(26-15)19-16-6-1-2-7-17(16)21(20-19)11-13-4-3-5-14(10-13)22(24)25/h1-10,23H,11-12H2. The summed E-state index contributed by atoms with van der Waals surface area (Å²) in [6.07, 6.45) is 0. The number of benzene rings is 2. The Hall–Kier alpha value is -3.45. The predicted octanol–water partition coefficient (Wildman–Crippen LogP) is 3.75. The summed E-state index contributed by atoms with van der Waals surface area (Å²) in [5, 5.41) is 25.8. The number of rotatable bonds is 5. The van der Waals surface area contributed by atoms with Gasteiger partial charge in [-0.3, -0.25) is 14.8 Å². The summed E-state index contributed by atoms with van der Waals surface area (Å²) in [6.45, 7) is 0.224. The van der Waals surface area contributed by atoms with Crippen LogP contribution in [0.4, 0.5) is 5.69 Å². The van der Waals surface area contributed by atoms with Crippen LogP contribution in [0.2, 0.25) is 0 Å². The van der Waals surface area contributed by atoms with E-state index in [1.807, 2.05) is 30.3 Å². The number of aliphatic hydroxyl groups is 1. The molecule has 0 saturated heterocycles. The van der Waals surface area contributed by atoms with Gasteiger partial charge >= 0.3 is 0 Å². The Kier molecular flexibility index (Phi) is 3.98. The Morgan fingerprint density at radius 3 is 2.73 bits per heavy atom. The van der Waals surface area contributed by atoms with Crippen LogP contribution >= 0.6 is 0 Å². The second kappa shape index (κ2) is 6.45. The molecule has 2 aromatic heterocycles. The fourth-order valence-corrected chi connectivity index (χ4v) is 2.96. The van der Waals surface area contributed by atoms with E-state index in [2.05, 4.69) is 5.10 Å². The van der Waals surface area contributed by atoms with Crippen LogP contribution in [0.15, 0.2) is 65.1 Å². The average molecular weight is 349 g/mol. The Bertz CT molecular complexity index is 1100. The van der Waals surface area contributed by atoms with E-state index in [4.69, 9.17) is 4.42 Å². The molecule has 2 heterocycles. The van der Waals surface area contributed by atoms with Gasteiger partial charge in [0.05, 0.1) is 17.0 Å². The van der Waals surface area contributed by atoms with Gasteiger partial charge in [-0.1, -0.05) is 30.3 Å². The number of nitrogens with zero attached hydrogens (tertiary/aromatic N) is 3. The van der Waals surface area contributed by atoms with Gasteiger partial charge in [0.15, 0.2) is 5.76 Å². The van der Waals surface area contributed by atoms with Crippen LogP contribution in [0.3, 0.4) is 0 Å². The van der Waals surface area contributed by atoms with Crippen molar-refractivity contribution < 1.29 is 14.4 Å². The van der Waals surface area contributed by atoms with Crippen LogP contribution in [0.25, 0.3) is 22.4 Å². The minimum atomic E-state index is -0.407. The van der Waals surface area contributed by atoms with Crippen molar-refractivity contribution >= 4 is 16.6 Å². The molecule has 4 rings (SSSR count). The number of furan rings is 1. The average Bonchev–Trinajstić information content (AvgIpc) is 3.27. The van der Waals surface area contributed by atoms with Gasteiger partial charge in [-0.25, -0.2) is 0 Å². The number of nitro groups is 1. The van der Waals surface area contributed by atoms with E-state index < -0.39 is 4.92 Å². The first-order chi connectivity index (χ1) is 12.7. The lowest BCUT2D eigenvalue weighted by Gasteiger charge is -2.03. The summed E-state index contributed by atoms with van der Waals surface area (Å²) in [5.74, 6) is 1.04. The Labute approximate surface area is 148 Å². The van der Waals surface area contributed by atoms with E-state index >= 15 is 0 Å². The molecule has 7 nitrogen and oxygen atoms in total. The molecular formula is C19H15N3O4. The van der Waals surface area contributed by atoms with Crippen LogP contribution < -0.4 is 0 Å². The predicted molar refractivity (Wildman–Crippen MR) is 95.6 cm³/mol. The van der Waals surface area contributed by atoms with Crippen molar-refractivity contribution in [3.63, 3.8) is 0 Å². The molecule has 1 N–H and O–H groups in total. The summed E-state index contributed by atoms with van der Waals surface area (Å²) in [4.78, 5) is 10.6. The third-order valence-corrected chi connectivity index (χ3v) is 4.16. The highest BCUT2D eigenvalue weighted by Crippen LogP contribution is 2.30. The number of hydrogen-bond donors (Lipinski definition) is 1. The van der Waals surface area contributed by atoms with Crippen LogP contribution in [0.1, 0.15) is 11.3 Å². The van der Waals surface area contributed by atoms with Gasteiger partial charge in [0.1, 0.15) is 18.1 Å². The minimum Gasteiger partial charge on any atom is -0.457 e. The first-order valence-electron chi connectivity index (χ1n) is 8.04. The summed E-state index contributed by atoms with van der Waals surface area (Å²) >= 11 is 0. The summed E-state index contributed by atoms with van der Waals surface area (Å²) < 4.78 is 7.42. The van der Waals surface area contributed by atoms with Crippen molar-refractivity contribution in [2.75, 3.05) is 0 Å². The topological polar surface area (TPSA) is 94.3 Å². The van der Waals surface area contributed by atoms with Crippen molar-refractivity contribution in [2.24, 2.45) is 0 Å². The largest absolute Gasteiger partial charge is 0.457 e. The van der Waals surface area contributed by atoms with E-state index in [9.17, 15) is 15.2 Å². The first kappa shape index (κ1) is 16.0. The maximum Gasteiger partial charge on any atom is 0.269 e. The number of nitro benzene ring substituents is 1. The summed E-state index contributed by atoms with van der Waals surface area (Å²) in [5.41, 5.74) is 2.41. The molecule has 0 fully saturated rings. The lowest BCUT2D eigenvalue weighted by Crippen LogP contribution is -2.02. The van der Waals surface area contributed by atoms with E-state index in [1.165, 1.54) is 6.07 Å². The van der Waals surface area contributed by atoms with E-state index in [0.29, 0.717) is 23.8 Å². The molecule has 0 amide bonds. The van der Waals surface area contributed by atoms with Crippen molar-refractivity contribution in [1.29, 1.82) is 0 Å². The highest BCUT2D eigenvalue weighted by molar-refractivity contribution is 5.92. The van der Waals surface area contributed by atoms with Crippen LogP contribution in [0, 0.1) is 10.1 Å². The zero-order valence-electron chi connectivity index (χ0n) is 13.7. The zero-order valence-corrected chi connectivity index (χ0v) is 13.7. The van der Waals surface area contributed by atoms with E-state index in [1.54, 1.807) is 28.9 Å². The number of hydrogen-bond acceptors (Lipinski definition) is 5. The van der Waals surface area contributed by atoms with Crippen molar-refractivity contribution in [3.05, 3.63) is 82.1 Å². The van der Waals surface area contributed by atoms with Gasteiger partial charge in [-0.15, -0.1) is 0 Å². The second-order valence-corrected chi connectivity index (χ2v) is 5.87. The SMILES string of the molecule is O=[N+]([O-])c1cccc(Cn2nc(-c3ccc(CO)o3)c3ccccc32)c1. The van der Waals surface area contributed by atoms with Gasteiger partial charge < -0.3 is 9.52 Å². The number of non-ortho nitro benzene ring substituents is 1. The first-order valence-corrected chi connectivity index (χ1v) is 8.04. The Morgan fingerprint density at radius 1 is 1.12 bits per heavy atom. The molecular weight excluding hydrogens is 334 g/mol. The third-order valence-electron chi connectivity index (χ3n) is 4.16. The van der Waals surface area contributed by atoms with Gasteiger partial charge in [-0.2, -0.15) is 5.10 Å². The van der Waals surface area contributed by atoms with E-state index in [0.717, 1.165) is 16.5 Å². The Balaban J connectivity index is 1.78. The molecule has 0 radical (unpaired) electrons. The molecule has 0 aliphatic carbocycles. The lowest BCUT2D eigenvalue weighted by molar-refractivity contribution is -0.384. The maximum atomic E-state index is 11.0. The third kappa shape index (κ3) is 2.84. The molecule has 0 aliphatic heterocycles. The monoisotopic (exact) mass is 349 g/mol. The molecule has 0 bridgehead atoms. The maximum absolute atomic E-state index is 11.0. The van der Waals surface area contributed by atoms with Crippen LogP contribution in [-0.2, 0) is 13.2 Å². The molecule has 4 aromatic rings. The minimum absolute atomic E-state index is 0.0535. The summed E-state index contributed by atoms with van der Waals surface area (Å²) in [6, 6.07) is 17.7.